The van der Waals surface area contributed by atoms with Gasteiger partial charge in [0, 0.05) is 5.92 Å². The molecule has 6 atom stereocenters. The highest BCUT2D eigenvalue weighted by molar-refractivity contribution is 5.88. The SMILES string of the molecule is C[C@@H]1O[C@](O)([C@@H]2CCCc3ccc(C(=O)O)cc32)[C@@H](OCc2ccccc2)[C@H](OCc2ccccc2)[C@@H]1OCc1ccccc1. The highest BCUT2D eigenvalue weighted by Crippen LogP contribution is 2.48. The van der Waals surface area contributed by atoms with Crippen LogP contribution in [-0.2, 0) is 45.2 Å². The summed E-state index contributed by atoms with van der Waals surface area (Å²) in [7, 11) is 0. The summed E-state index contributed by atoms with van der Waals surface area (Å²) in [6.07, 6.45) is -0.580. The number of hydrogen-bond acceptors (Lipinski definition) is 6. The van der Waals surface area contributed by atoms with Crippen molar-refractivity contribution in [3.05, 3.63) is 143 Å². The number of carbonyl (C=O) groups is 1. The fraction of sp³-hybridized carbons (Fsp3) is 0.342. The van der Waals surface area contributed by atoms with Crippen molar-refractivity contribution in [2.45, 2.75) is 82.1 Å². The van der Waals surface area contributed by atoms with Crippen molar-refractivity contribution in [2.75, 3.05) is 0 Å². The molecule has 4 aromatic carbocycles. The van der Waals surface area contributed by atoms with E-state index < -0.39 is 42.1 Å². The third kappa shape index (κ3) is 7.03. The zero-order valence-corrected chi connectivity index (χ0v) is 25.5. The number of ether oxygens (including phenoxy) is 4. The van der Waals surface area contributed by atoms with Crippen molar-refractivity contribution < 1.29 is 34.0 Å². The van der Waals surface area contributed by atoms with Gasteiger partial charge in [0.15, 0.2) is 0 Å². The maximum atomic E-state index is 12.8. The van der Waals surface area contributed by atoms with Crippen LogP contribution < -0.4 is 0 Å². The van der Waals surface area contributed by atoms with E-state index in [0.717, 1.165) is 40.7 Å². The Balaban J connectivity index is 1.40. The molecule has 0 radical (unpaired) electrons. The van der Waals surface area contributed by atoms with E-state index in [2.05, 4.69) is 0 Å². The van der Waals surface area contributed by atoms with Gasteiger partial charge in [0.05, 0.1) is 31.5 Å². The van der Waals surface area contributed by atoms with Crippen LogP contribution in [-0.4, -0.2) is 46.4 Å². The minimum atomic E-state index is -1.82. The highest BCUT2D eigenvalue weighted by Gasteiger charge is 2.59. The molecule has 2 N–H and O–H groups in total. The zero-order chi connectivity index (χ0) is 31.2. The molecule has 0 amide bonds. The van der Waals surface area contributed by atoms with Crippen LogP contribution in [0.4, 0.5) is 0 Å². The van der Waals surface area contributed by atoms with E-state index in [0.29, 0.717) is 13.0 Å². The molecule has 1 heterocycles. The van der Waals surface area contributed by atoms with Gasteiger partial charge in [0.1, 0.15) is 18.3 Å². The zero-order valence-electron chi connectivity index (χ0n) is 25.5. The van der Waals surface area contributed by atoms with Crippen molar-refractivity contribution in [1.82, 2.24) is 0 Å². The van der Waals surface area contributed by atoms with Crippen LogP contribution in [0, 0.1) is 0 Å². The van der Waals surface area contributed by atoms with Gasteiger partial charge in [-0.1, -0.05) is 97.1 Å². The lowest BCUT2D eigenvalue weighted by atomic mass is 9.73. The Kier molecular flexibility index (Phi) is 9.73. The molecule has 0 aromatic heterocycles. The predicted octanol–water partition coefficient (Wildman–Crippen LogP) is 6.67. The van der Waals surface area contributed by atoms with Gasteiger partial charge >= 0.3 is 5.97 Å². The van der Waals surface area contributed by atoms with Crippen molar-refractivity contribution in [1.29, 1.82) is 0 Å². The van der Waals surface area contributed by atoms with Crippen LogP contribution in [0.25, 0.3) is 0 Å². The van der Waals surface area contributed by atoms with Crippen LogP contribution in [0.15, 0.2) is 109 Å². The molecule has 0 unspecified atom stereocenters. The lowest BCUT2D eigenvalue weighted by Crippen LogP contribution is -2.68. The summed E-state index contributed by atoms with van der Waals surface area (Å²) < 4.78 is 26.5. The van der Waals surface area contributed by atoms with Gasteiger partial charge in [-0.15, -0.1) is 0 Å². The van der Waals surface area contributed by atoms with E-state index in [1.807, 2.05) is 104 Å². The van der Waals surface area contributed by atoms with Gasteiger partial charge in [0.2, 0.25) is 5.79 Å². The summed E-state index contributed by atoms with van der Waals surface area (Å²) in [5.41, 5.74) is 4.89. The predicted molar refractivity (Wildman–Crippen MR) is 170 cm³/mol. The highest BCUT2D eigenvalue weighted by atomic mass is 16.7. The molecule has 7 nitrogen and oxygen atoms in total. The number of benzene rings is 4. The molecule has 1 aliphatic heterocycles. The summed E-state index contributed by atoms with van der Waals surface area (Å²) in [6, 6.07) is 34.8. The topological polar surface area (TPSA) is 94.5 Å². The first-order chi connectivity index (χ1) is 21.9. The van der Waals surface area contributed by atoms with E-state index >= 15 is 0 Å². The first-order valence-electron chi connectivity index (χ1n) is 15.7. The van der Waals surface area contributed by atoms with Crippen molar-refractivity contribution in [2.24, 2.45) is 0 Å². The van der Waals surface area contributed by atoms with E-state index in [9.17, 15) is 15.0 Å². The van der Waals surface area contributed by atoms with E-state index in [1.165, 1.54) is 0 Å². The molecule has 1 saturated heterocycles. The molecule has 1 fully saturated rings. The Bertz CT molecular complexity index is 1540. The summed E-state index contributed by atoms with van der Waals surface area (Å²) in [4.78, 5) is 12.0. The number of hydrogen-bond donors (Lipinski definition) is 2. The van der Waals surface area contributed by atoms with Gasteiger partial charge < -0.3 is 29.2 Å². The van der Waals surface area contributed by atoms with Gasteiger partial charge in [-0.05, 0) is 66.1 Å². The molecular formula is C38H40O7. The number of aliphatic hydroxyl groups is 1. The summed E-state index contributed by atoms with van der Waals surface area (Å²) in [5, 5.41) is 22.6. The van der Waals surface area contributed by atoms with Crippen LogP contribution in [0.1, 0.15) is 63.9 Å². The summed E-state index contributed by atoms with van der Waals surface area (Å²) in [6.45, 7) is 2.73. The quantitative estimate of drug-likeness (QED) is 0.196. The number of carboxylic acid groups (broad SMARTS) is 1. The fourth-order valence-electron chi connectivity index (χ4n) is 6.67. The molecule has 1 aliphatic carbocycles. The average Bonchev–Trinajstić information content (AvgIpc) is 3.07. The van der Waals surface area contributed by atoms with E-state index in [4.69, 9.17) is 18.9 Å². The van der Waals surface area contributed by atoms with Gasteiger partial charge in [0.25, 0.3) is 0 Å². The molecule has 4 aromatic rings. The monoisotopic (exact) mass is 608 g/mol. The molecular weight excluding hydrogens is 568 g/mol. The molecule has 234 valence electrons. The maximum Gasteiger partial charge on any atom is 0.335 e. The summed E-state index contributed by atoms with van der Waals surface area (Å²) in [5.74, 6) is -3.38. The van der Waals surface area contributed by atoms with Crippen LogP contribution in [0.5, 0.6) is 0 Å². The molecule has 2 aliphatic rings. The lowest BCUT2D eigenvalue weighted by Gasteiger charge is -2.53. The van der Waals surface area contributed by atoms with Crippen molar-refractivity contribution >= 4 is 5.97 Å². The molecule has 0 saturated carbocycles. The second-order valence-corrected chi connectivity index (χ2v) is 12.0. The summed E-state index contributed by atoms with van der Waals surface area (Å²) >= 11 is 0. The Morgan fingerprint density at radius 3 is 1.87 bits per heavy atom. The first kappa shape index (κ1) is 31.1. The van der Waals surface area contributed by atoms with Crippen LogP contribution in [0.3, 0.4) is 0 Å². The molecule has 45 heavy (non-hydrogen) atoms. The standard InChI is InChI=1S/C38H40O7/c1-26-34(42-23-27-12-5-2-6-13-27)35(43-24-28-14-7-3-8-15-28)36(44-25-29-16-9-4-10-17-29)38(41,45-26)33-19-11-18-30-20-21-31(37(39)40)22-32(30)33/h2-10,12-17,20-22,26,33-36,41H,11,18-19,23-25H2,1H3,(H,39,40)/t26-,33+,34+,35+,36-,38+/m0/s1. The largest absolute Gasteiger partial charge is 0.478 e. The van der Waals surface area contributed by atoms with E-state index in [1.54, 1.807) is 12.1 Å². The Morgan fingerprint density at radius 1 is 0.778 bits per heavy atom. The smallest absolute Gasteiger partial charge is 0.335 e. The van der Waals surface area contributed by atoms with Crippen LogP contribution >= 0.6 is 0 Å². The third-order valence-corrected chi connectivity index (χ3v) is 8.92. The molecule has 0 bridgehead atoms. The van der Waals surface area contributed by atoms with E-state index in [-0.39, 0.29) is 18.8 Å². The maximum absolute atomic E-state index is 12.8. The third-order valence-electron chi connectivity index (χ3n) is 8.92. The Hall–Kier alpha value is -3.85. The molecule has 6 rings (SSSR count). The second kappa shape index (κ2) is 14.1. The number of rotatable bonds is 11. The Morgan fingerprint density at radius 2 is 1.31 bits per heavy atom. The number of aryl methyl sites for hydroxylation is 1. The molecule has 0 spiro atoms. The molecule has 7 heteroatoms. The number of fused-ring (bicyclic) bond motifs is 1. The minimum absolute atomic E-state index is 0.177. The minimum Gasteiger partial charge on any atom is -0.478 e. The van der Waals surface area contributed by atoms with Crippen molar-refractivity contribution in [3.63, 3.8) is 0 Å². The second-order valence-electron chi connectivity index (χ2n) is 12.0. The van der Waals surface area contributed by atoms with Gasteiger partial charge in [-0.3, -0.25) is 0 Å². The van der Waals surface area contributed by atoms with Crippen LogP contribution in [0.2, 0.25) is 0 Å². The lowest BCUT2D eigenvalue weighted by molar-refractivity contribution is -0.372. The Labute approximate surface area is 264 Å². The van der Waals surface area contributed by atoms with Gasteiger partial charge in [-0.25, -0.2) is 4.79 Å². The average molecular weight is 609 g/mol. The van der Waals surface area contributed by atoms with Gasteiger partial charge in [-0.2, -0.15) is 0 Å². The number of aromatic carboxylic acids is 1. The van der Waals surface area contributed by atoms with Crippen molar-refractivity contribution in [3.8, 4) is 0 Å². The normalized spacial score (nSPS) is 26.2. The number of carboxylic acids is 1. The fourth-order valence-corrected chi connectivity index (χ4v) is 6.67. The first-order valence-corrected chi connectivity index (χ1v) is 15.7.